The molecule has 0 amide bonds. The van der Waals surface area contributed by atoms with Crippen LogP contribution in [0.2, 0.25) is 0 Å². The summed E-state index contributed by atoms with van der Waals surface area (Å²) >= 11 is 0. The van der Waals surface area contributed by atoms with Crippen molar-refractivity contribution in [1.29, 1.82) is 0 Å². The van der Waals surface area contributed by atoms with Crippen LogP contribution >= 0.6 is 0 Å². The van der Waals surface area contributed by atoms with E-state index in [-0.39, 0.29) is 0 Å². The molecule has 4 heteroatoms. The number of aryl methyl sites for hydroxylation is 1. The van der Waals surface area contributed by atoms with Gasteiger partial charge in [-0.25, -0.2) is 4.68 Å². The van der Waals surface area contributed by atoms with Gasteiger partial charge in [0.05, 0.1) is 24.6 Å². The monoisotopic (exact) mass is 229 g/mol. The molecule has 4 nitrogen and oxygen atoms in total. The predicted octanol–water partition coefficient (Wildman–Crippen LogP) is 2.25. The van der Waals surface area contributed by atoms with Gasteiger partial charge in [0.2, 0.25) is 0 Å². The fraction of sp³-hybridized carbons (Fsp3) is 0.308. The van der Waals surface area contributed by atoms with E-state index in [0.29, 0.717) is 13.2 Å². The second-order valence-corrected chi connectivity index (χ2v) is 4.27. The summed E-state index contributed by atoms with van der Waals surface area (Å²) < 4.78 is 7.35. The fourth-order valence-corrected chi connectivity index (χ4v) is 2.22. The van der Waals surface area contributed by atoms with Crippen molar-refractivity contribution in [3.8, 4) is 5.69 Å². The standard InChI is InChI=1S/C13H15N3O/c1-9-4-3-5-10(6-9)16-13(14-2)11-7-17-8-12(11)15-16/h3-6,14H,7-8H2,1-2H3. The maximum Gasteiger partial charge on any atom is 0.135 e. The molecule has 0 fully saturated rings. The molecule has 0 saturated heterocycles. The molecule has 1 aromatic carbocycles. The lowest BCUT2D eigenvalue weighted by Gasteiger charge is -2.09. The van der Waals surface area contributed by atoms with Crippen molar-refractivity contribution in [2.75, 3.05) is 12.4 Å². The van der Waals surface area contributed by atoms with Crippen LogP contribution in [0.5, 0.6) is 0 Å². The van der Waals surface area contributed by atoms with E-state index in [1.165, 1.54) is 11.1 Å². The third-order valence-electron chi connectivity index (χ3n) is 3.03. The maximum atomic E-state index is 5.40. The Balaban J connectivity index is 2.15. The van der Waals surface area contributed by atoms with Crippen molar-refractivity contribution in [1.82, 2.24) is 9.78 Å². The normalized spacial score (nSPS) is 13.8. The molecule has 0 unspecified atom stereocenters. The Morgan fingerprint density at radius 2 is 2.24 bits per heavy atom. The highest BCUT2D eigenvalue weighted by atomic mass is 16.5. The number of ether oxygens (including phenoxy) is 1. The number of hydrogen-bond acceptors (Lipinski definition) is 3. The van der Waals surface area contributed by atoms with E-state index in [2.05, 4.69) is 35.5 Å². The van der Waals surface area contributed by atoms with Gasteiger partial charge in [-0.3, -0.25) is 0 Å². The SMILES string of the molecule is CNc1c2c(nn1-c1cccc(C)c1)COC2. The Kier molecular flexibility index (Phi) is 2.37. The van der Waals surface area contributed by atoms with E-state index in [0.717, 1.165) is 17.2 Å². The summed E-state index contributed by atoms with van der Waals surface area (Å²) in [4.78, 5) is 0. The van der Waals surface area contributed by atoms with E-state index in [4.69, 9.17) is 4.74 Å². The van der Waals surface area contributed by atoms with E-state index in [1.54, 1.807) is 0 Å². The molecule has 0 bridgehead atoms. The van der Waals surface area contributed by atoms with Crippen LogP contribution in [-0.2, 0) is 18.0 Å². The van der Waals surface area contributed by atoms with Gasteiger partial charge in [-0.05, 0) is 24.6 Å². The number of benzene rings is 1. The summed E-state index contributed by atoms with van der Waals surface area (Å²) in [6, 6.07) is 8.33. The summed E-state index contributed by atoms with van der Waals surface area (Å²) in [5, 5.41) is 7.82. The molecule has 1 aromatic heterocycles. The molecule has 0 spiro atoms. The number of nitrogens with one attached hydrogen (secondary N) is 1. The van der Waals surface area contributed by atoms with Crippen LogP contribution in [-0.4, -0.2) is 16.8 Å². The minimum atomic E-state index is 0.614. The van der Waals surface area contributed by atoms with E-state index < -0.39 is 0 Å². The quantitative estimate of drug-likeness (QED) is 0.858. The minimum Gasteiger partial charge on any atom is -0.373 e. The third kappa shape index (κ3) is 1.61. The van der Waals surface area contributed by atoms with Crippen molar-refractivity contribution in [3.05, 3.63) is 41.1 Å². The number of hydrogen-bond donors (Lipinski definition) is 1. The van der Waals surface area contributed by atoms with Crippen LogP contribution in [0.3, 0.4) is 0 Å². The summed E-state index contributed by atoms with van der Waals surface area (Å²) in [6.07, 6.45) is 0. The van der Waals surface area contributed by atoms with Gasteiger partial charge in [0.25, 0.3) is 0 Å². The van der Waals surface area contributed by atoms with Crippen LogP contribution in [0, 0.1) is 6.92 Å². The third-order valence-corrected chi connectivity index (χ3v) is 3.03. The molecule has 0 atom stereocenters. The lowest BCUT2D eigenvalue weighted by molar-refractivity contribution is 0.131. The van der Waals surface area contributed by atoms with Crippen LogP contribution in [0.15, 0.2) is 24.3 Å². The number of aromatic nitrogens is 2. The van der Waals surface area contributed by atoms with Crippen LogP contribution in [0.25, 0.3) is 5.69 Å². The summed E-state index contributed by atoms with van der Waals surface area (Å²) in [6.45, 7) is 3.35. The second-order valence-electron chi connectivity index (χ2n) is 4.27. The molecule has 3 rings (SSSR count). The van der Waals surface area contributed by atoms with Gasteiger partial charge in [-0.15, -0.1) is 0 Å². The first kappa shape index (κ1) is 10.4. The van der Waals surface area contributed by atoms with E-state index in [9.17, 15) is 0 Å². The van der Waals surface area contributed by atoms with Gasteiger partial charge in [0.1, 0.15) is 5.82 Å². The molecule has 2 heterocycles. The lowest BCUT2D eigenvalue weighted by atomic mass is 10.2. The predicted molar refractivity (Wildman–Crippen MR) is 66.3 cm³/mol. The number of anilines is 1. The molecular weight excluding hydrogens is 214 g/mol. The Hall–Kier alpha value is -1.81. The molecule has 2 aromatic rings. The van der Waals surface area contributed by atoms with Crippen molar-refractivity contribution in [3.63, 3.8) is 0 Å². The lowest BCUT2D eigenvalue weighted by Crippen LogP contribution is -2.04. The van der Waals surface area contributed by atoms with Crippen LogP contribution in [0.4, 0.5) is 5.82 Å². The molecule has 17 heavy (non-hydrogen) atoms. The molecule has 1 N–H and O–H groups in total. The average Bonchev–Trinajstić information content (AvgIpc) is 2.88. The highest BCUT2D eigenvalue weighted by Gasteiger charge is 2.22. The fourth-order valence-electron chi connectivity index (χ4n) is 2.22. The molecular formula is C13H15N3O. The molecule has 0 saturated carbocycles. The van der Waals surface area contributed by atoms with Gasteiger partial charge < -0.3 is 10.1 Å². The Morgan fingerprint density at radius 3 is 3.00 bits per heavy atom. The summed E-state index contributed by atoms with van der Waals surface area (Å²) in [5.41, 5.74) is 4.53. The molecule has 0 radical (unpaired) electrons. The zero-order valence-electron chi connectivity index (χ0n) is 10.0. The largest absolute Gasteiger partial charge is 0.373 e. The smallest absolute Gasteiger partial charge is 0.135 e. The zero-order chi connectivity index (χ0) is 11.8. The maximum absolute atomic E-state index is 5.40. The molecule has 0 aliphatic carbocycles. The van der Waals surface area contributed by atoms with Crippen LogP contribution in [0.1, 0.15) is 16.8 Å². The average molecular weight is 229 g/mol. The Bertz CT molecular complexity index is 560. The zero-order valence-corrected chi connectivity index (χ0v) is 10.0. The Labute approximate surface area is 100 Å². The van der Waals surface area contributed by atoms with E-state index in [1.807, 2.05) is 17.8 Å². The summed E-state index contributed by atoms with van der Waals surface area (Å²) in [5.74, 6) is 1.03. The topological polar surface area (TPSA) is 39.1 Å². The first-order valence-electron chi connectivity index (χ1n) is 5.73. The van der Waals surface area contributed by atoms with Gasteiger partial charge in [-0.2, -0.15) is 5.10 Å². The number of nitrogens with zero attached hydrogens (tertiary/aromatic N) is 2. The Morgan fingerprint density at radius 1 is 1.35 bits per heavy atom. The van der Waals surface area contributed by atoms with Crippen molar-refractivity contribution in [2.45, 2.75) is 20.1 Å². The van der Waals surface area contributed by atoms with Crippen molar-refractivity contribution in [2.24, 2.45) is 0 Å². The molecule has 88 valence electrons. The van der Waals surface area contributed by atoms with Gasteiger partial charge in [-0.1, -0.05) is 12.1 Å². The van der Waals surface area contributed by atoms with Crippen molar-refractivity contribution < 1.29 is 4.74 Å². The number of rotatable bonds is 2. The van der Waals surface area contributed by atoms with E-state index >= 15 is 0 Å². The van der Waals surface area contributed by atoms with Gasteiger partial charge in [0, 0.05) is 12.6 Å². The minimum absolute atomic E-state index is 0.614. The van der Waals surface area contributed by atoms with Gasteiger partial charge >= 0.3 is 0 Å². The second kappa shape index (κ2) is 3.89. The highest BCUT2D eigenvalue weighted by Crippen LogP contribution is 2.29. The van der Waals surface area contributed by atoms with Crippen molar-refractivity contribution >= 4 is 5.82 Å². The highest BCUT2D eigenvalue weighted by molar-refractivity contribution is 5.54. The summed E-state index contributed by atoms with van der Waals surface area (Å²) in [7, 11) is 1.92. The first-order chi connectivity index (χ1) is 8.29. The first-order valence-corrected chi connectivity index (χ1v) is 5.73. The van der Waals surface area contributed by atoms with Gasteiger partial charge in [0.15, 0.2) is 0 Å². The van der Waals surface area contributed by atoms with Crippen LogP contribution < -0.4 is 5.32 Å². The number of fused-ring (bicyclic) bond motifs is 1. The molecule has 1 aliphatic heterocycles. The molecule has 1 aliphatic rings.